The molecule has 1 rings (SSSR count). The Bertz CT molecular complexity index is 259. The van der Waals surface area contributed by atoms with E-state index < -0.39 is 17.1 Å². The summed E-state index contributed by atoms with van der Waals surface area (Å²) in [6.07, 6.45) is 15.0. The van der Waals surface area contributed by atoms with Crippen molar-refractivity contribution in [1.29, 1.82) is 0 Å². The number of allylic oxidation sites excluding steroid dienone is 8. The van der Waals surface area contributed by atoms with E-state index in [4.69, 9.17) is 0 Å². The molecule has 1 aliphatic carbocycles. The minimum absolute atomic E-state index is 1.58. The van der Waals surface area contributed by atoms with Gasteiger partial charge in [-0.3, -0.25) is 0 Å². The van der Waals surface area contributed by atoms with E-state index >= 15 is 0 Å². The molecule has 0 atom stereocenters. The Balaban J connectivity index is 2.90. The van der Waals surface area contributed by atoms with Crippen molar-refractivity contribution in [3.8, 4) is 0 Å². The van der Waals surface area contributed by atoms with Crippen molar-refractivity contribution in [2.45, 2.75) is 15.4 Å². The molecule has 0 nitrogen and oxygen atoms in total. The van der Waals surface area contributed by atoms with Crippen molar-refractivity contribution in [1.82, 2.24) is 0 Å². The average Bonchev–Trinajstić information content (AvgIpc) is 1.81. The minimum atomic E-state index is -1.87. The molecule has 0 aliphatic heterocycles. The van der Waals surface area contributed by atoms with Crippen LogP contribution in [0, 0.1) is 0 Å². The van der Waals surface area contributed by atoms with Crippen LogP contribution in [0.1, 0.15) is 0 Å². The van der Waals surface area contributed by atoms with Crippen LogP contribution in [0.2, 0.25) is 15.4 Å². The van der Waals surface area contributed by atoms with Crippen LogP contribution in [-0.4, -0.2) is 0 Å². The van der Waals surface area contributed by atoms with E-state index in [0.29, 0.717) is 0 Å². The molecule has 1 heteroatoms. The van der Waals surface area contributed by atoms with Crippen LogP contribution in [0.25, 0.3) is 0 Å². The molecule has 0 radical (unpaired) electrons. The molecule has 0 saturated carbocycles. The number of rotatable bonds is 1. The Morgan fingerprint density at radius 2 is 1.42 bits per heavy atom. The molecule has 0 amide bonds. The van der Waals surface area contributed by atoms with Crippen LogP contribution in [0.5, 0.6) is 0 Å². The van der Waals surface area contributed by atoms with Crippen LogP contribution in [0.4, 0.5) is 0 Å². The van der Waals surface area contributed by atoms with E-state index in [0.717, 1.165) is 0 Å². The first-order valence-corrected chi connectivity index (χ1v) is 15.4. The summed E-state index contributed by atoms with van der Waals surface area (Å²) in [5.74, 6) is 0. The summed E-state index contributed by atoms with van der Waals surface area (Å²) in [6.45, 7) is 0. The number of hydrogen-bond donors (Lipinski definition) is 0. The van der Waals surface area contributed by atoms with Gasteiger partial charge in [0.05, 0.1) is 0 Å². The van der Waals surface area contributed by atoms with Crippen LogP contribution in [0.15, 0.2) is 46.3 Å². The maximum absolute atomic E-state index is 2.44. The normalized spacial score (nSPS) is 17.1. The Kier molecular flexibility index (Phi) is 3.33. The molecule has 0 heterocycles. The van der Waals surface area contributed by atoms with Crippen molar-refractivity contribution in [2.24, 2.45) is 0 Å². The Labute approximate surface area is 78.9 Å². The molecule has 0 unspecified atom stereocenters. The van der Waals surface area contributed by atoms with E-state index in [1.54, 1.807) is 3.79 Å². The fraction of sp³-hybridized carbons (Fsp3) is 0.273. The maximum atomic E-state index is 2.44. The summed E-state index contributed by atoms with van der Waals surface area (Å²) < 4.78 is 1.58. The summed E-state index contributed by atoms with van der Waals surface area (Å²) in [6, 6.07) is 0. The molecule has 0 bridgehead atoms. The van der Waals surface area contributed by atoms with E-state index in [1.165, 1.54) is 0 Å². The van der Waals surface area contributed by atoms with Gasteiger partial charge < -0.3 is 0 Å². The first kappa shape index (κ1) is 9.79. The third-order valence-corrected chi connectivity index (χ3v) is 8.39. The zero-order valence-electron chi connectivity index (χ0n) is 7.99. The van der Waals surface area contributed by atoms with Gasteiger partial charge >= 0.3 is 78.9 Å². The van der Waals surface area contributed by atoms with Gasteiger partial charge in [0.25, 0.3) is 0 Å². The predicted molar refractivity (Wildman–Crippen MR) is 53.1 cm³/mol. The Morgan fingerprint density at radius 3 is 2.08 bits per heavy atom. The van der Waals surface area contributed by atoms with Crippen LogP contribution >= 0.6 is 0 Å². The Hall–Kier alpha value is -0.300. The second-order valence-electron chi connectivity index (χ2n) is 3.73. The van der Waals surface area contributed by atoms with Crippen LogP contribution in [0.3, 0.4) is 0 Å². The monoisotopic (exact) mass is 329 g/mol. The first-order chi connectivity index (χ1) is 5.61. The fourth-order valence-electron chi connectivity index (χ4n) is 1.00. The molecule has 0 saturated heterocycles. The van der Waals surface area contributed by atoms with E-state index in [-0.39, 0.29) is 0 Å². The van der Waals surface area contributed by atoms with E-state index in [1.807, 2.05) is 0 Å². The standard InChI is InChI=1S/C8H7.3CH3.Ta/c1-2-4-6-8-7-5-3-1;;;;/h1-7H;3*1H3;. The molecule has 12 heavy (non-hydrogen) atoms. The molecule has 0 aromatic rings. The third kappa shape index (κ3) is 2.98. The van der Waals surface area contributed by atoms with Gasteiger partial charge in [-0.05, 0) is 0 Å². The molecule has 0 aromatic carbocycles. The SMILES string of the molecule is [CH3][Ta]([CH3])([CH3])[C]1=CC=CC=CC=C1. The summed E-state index contributed by atoms with van der Waals surface area (Å²) in [5, 5.41) is 7.32. The van der Waals surface area contributed by atoms with Gasteiger partial charge in [-0.1, -0.05) is 0 Å². The summed E-state index contributed by atoms with van der Waals surface area (Å²) in [7, 11) is 0. The Morgan fingerprint density at radius 1 is 0.833 bits per heavy atom. The summed E-state index contributed by atoms with van der Waals surface area (Å²) >= 11 is -1.87. The average molecular weight is 329 g/mol. The van der Waals surface area contributed by atoms with Crippen molar-refractivity contribution in [2.75, 3.05) is 0 Å². The van der Waals surface area contributed by atoms with E-state index in [2.05, 4.69) is 58.0 Å². The quantitative estimate of drug-likeness (QED) is 0.685. The van der Waals surface area contributed by atoms with Crippen molar-refractivity contribution in [3.63, 3.8) is 0 Å². The molecular formula is C11H16Ta. The molecule has 0 spiro atoms. The molecule has 0 fully saturated rings. The topological polar surface area (TPSA) is 0 Å². The molecule has 0 N–H and O–H groups in total. The third-order valence-electron chi connectivity index (χ3n) is 1.75. The molecule has 1 aliphatic rings. The van der Waals surface area contributed by atoms with Gasteiger partial charge in [0.2, 0.25) is 0 Å². The van der Waals surface area contributed by atoms with Crippen molar-refractivity contribution < 1.29 is 17.1 Å². The zero-order valence-corrected chi connectivity index (χ0v) is 11.2. The first-order valence-electron chi connectivity index (χ1n) is 4.14. The van der Waals surface area contributed by atoms with Crippen LogP contribution < -0.4 is 0 Å². The van der Waals surface area contributed by atoms with Gasteiger partial charge in [0.1, 0.15) is 0 Å². The van der Waals surface area contributed by atoms with Gasteiger partial charge in [-0.25, -0.2) is 0 Å². The summed E-state index contributed by atoms with van der Waals surface area (Å²) in [5.41, 5.74) is 0. The van der Waals surface area contributed by atoms with Crippen LogP contribution in [-0.2, 0) is 17.1 Å². The number of hydrogen-bond acceptors (Lipinski definition) is 0. The fourth-order valence-corrected chi connectivity index (χ4v) is 4.84. The molecular weight excluding hydrogens is 313 g/mol. The van der Waals surface area contributed by atoms with Gasteiger partial charge in [-0.2, -0.15) is 0 Å². The van der Waals surface area contributed by atoms with E-state index in [9.17, 15) is 0 Å². The second-order valence-corrected chi connectivity index (χ2v) is 20.0. The summed E-state index contributed by atoms with van der Waals surface area (Å²) in [4.78, 5) is 0. The predicted octanol–water partition coefficient (Wildman–Crippen LogP) is 3.85. The molecule has 0 aromatic heterocycles. The zero-order chi connectivity index (χ0) is 9.03. The van der Waals surface area contributed by atoms with Crippen molar-refractivity contribution in [3.05, 3.63) is 46.3 Å². The van der Waals surface area contributed by atoms with Gasteiger partial charge in [0, 0.05) is 0 Å². The molecule has 65 valence electrons. The second kappa shape index (κ2) is 4.08. The van der Waals surface area contributed by atoms with Gasteiger partial charge in [-0.15, -0.1) is 0 Å². The van der Waals surface area contributed by atoms with Gasteiger partial charge in [0.15, 0.2) is 0 Å². The van der Waals surface area contributed by atoms with Crippen molar-refractivity contribution >= 4 is 0 Å².